The summed E-state index contributed by atoms with van der Waals surface area (Å²) in [6.45, 7) is 0.456. The molecule has 0 spiro atoms. The molecule has 2 aromatic rings. The van der Waals surface area contributed by atoms with Gasteiger partial charge in [0, 0.05) is 19.3 Å². The van der Waals surface area contributed by atoms with Gasteiger partial charge in [-0.2, -0.15) is 4.31 Å². The van der Waals surface area contributed by atoms with Gasteiger partial charge in [-0.25, -0.2) is 13.4 Å². The van der Waals surface area contributed by atoms with Crippen molar-refractivity contribution in [2.75, 3.05) is 36.5 Å². The average molecular weight is 445 g/mol. The van der Waals surface area contributed by atoms with E-state index in [1.54, 1.807) is 24.4 Å². The third kappa shape index (κ3) is 4.70. The topological polar surface area (TPSA) is 109 Å². The molecule has 1 saturated heterocycles. The van der Waals surface area contributed by atoms with E-state index in [1.165, 1.54) is 27.4 Å². The van der Waals surface area contributed by atoms with Crippen LogP contribution in [0.2, 0.25) is 0 Å². The van der Waals surface area contributed by atoms with Crippen LogP contribution in [-0.2, 0) is 19.6 Å². The van der Waals surface area contributed by atoms with Crippen molar-refractivity contribution < 1.29 is 22.7 Å². The van der Waals surface area contributed by atoms with Crippen LogP contribution in [0.3, 0.4) is 0 Å². The number of amides is 2. The minimum absolute atomic E-state index is 0.0848. The van der Waals surface area contributed by atoms with E-state index in [9.17, 15) is 18.0 Å². The van der Waals surface area contributed by atoms with Crippen molar-refractivity contribution in [3.63, 3.8) is 0 Å². The van der Waals surface area contributed by atoms with Crippen LogP contribution in [0.1, 0.15) is 25.7 Å². The van der Waals surface area contributed by atoms with Gasteiger partial charge < -0.3 is 10.1 Å². The van der Waals surface area contributed by atoms with E-state index < -0.39 is 21.8 Å². The Hall–Kier alpha value is -2.98. The number of aromatic nitrogens is 1. The molecule has 1 fully saturated rings. The minimum atomic E-state index is -3.71. The molecule has 164 valence electrons. The van der Waals surface area contributed by atoms with Crippen LogP contribution >= 0.6 is 0 Å². The van der Waals surface area contributed by atoms with E-state index >= 15 is 0 Å². The molecule has 2 aliphatic heterocycles. The first-order valence-electron chi connectivity index (χ1n) is 10.2. The van der Waals surface area contributed by atoms with Gasteiger partial charge in [0.15, 0.2) is 6.61 Å². The molecule has 2 amide bonds. The van der Waals surface area contributed by atoms with Gasteiger partial charge in [-0.05, 0) is 43.2 Å². The first kappa shape index (κ1) is 21.3. The molecule has 1 N–H and O–H groups in total. The van der Waals surface area contributed by atoms with Gasteiger partial charge in [-0.15, -0.1) is 0 Å². The van der Waals surface area contributed by atoms with Gasteiger partial charge in [0.05, 0.1) is 10.6 Å². The van der Waals surface area contributed by atoms with Crippen molar-refractivity contribution in [1.82, 2.24) is 9.29 Å². The van der Waals surface area contributed by atoms with Crippen molar-refractivity contribution in [2.24, 2.45) is 0 Å². The Bertz CT molecular complexity index is 1070. The second-order valence-electron chi connectivity index (χ2n) is 7.48. The molecule has 2 aliphatic rings. The normalized spacial score (nSPS) is 17.4. The number of hydrogen-bond acceptors (Lipinski definition) is 6. The maximum atomic E-state index is 13.2. The van der Waals surface area contributed by atoms with Crippen LogP contribution < -0.4 is 15.0 Å². The number of benzene rings is 1. The summed E-state index contributed by atoms with van der Waals surface area (Å²) in [5, 5.41) is 2.63. The molecule has 0 atom stereocenters. The molecule has 1 aromatic carbocycles. The monoisotopic (exact) mass is 444 g/mol. The standard InChI is InChI=1S/C21H24N4O5S/c26-20(23-19-7-3-4-10-22-19)14-25-17-13-16(8-9-18(17)30-15-21(25)27)31(28,29)24-11-5-1-2-6-12-24/h3-4,7-10,13H,1-2,5-6,11-12,14-15H2,(H,22,23,26). The van der Waals surface area contributed by atoms with Crippen LogP contribution in [-0.4, -0.2) is 55.8 Å². The Morgan fingerprint density at radius 1 is 1.10 bits per heavy atom. The predicted octanol–water partition coefficient (Wildman–Crippen LogP) is 2.01. The molecule has 0 aliphatic carbocycles. The zero-order valence-corrected chi connectivity index (χ0v) is 17.8. The molecule has 4 rings (SSSR count). The number of nitrogens with zero attached hydrogens (tertiary/aromatic N) is 3. The Labute approximate surface area is 181 Å². The number of anilines is 2. The zero-order valence-electron chi connectivity index (χ0n) is 17.0. The predicted molar refractivity (Wildman–Crippen MR) is 114 cm³/mol. The quantitative estimate of drug-likeness (QED) is 0.756. The number of hydrogen-bond donors (Lipinski definition) is 1. The summed E-state index contributed by atoms with van der Waals surface area (Å²) in [7, 11) is -3.71. The van der Waals surface area contributed by atoms with Crippen LogP contribution in [0.5, 0.6) is 5.75 Å². The molecule has 0 saturated carbocycles. The van der Waals surface area contributed by atoms with Gasteiger partial charge in [-0.3, -0.25) is 14.5 Å². The van der Waals surface area contributed by atoms with Crippen molar-refractivity contribution in [3.8, 4) is 5.75 Å². The number of ether oxygens (including phenoxy) is 1. The molecule has 0 bridgehead atoms. The Morgan fingerprint density at radius 2 is 1.87 bits per heavy atom. The molecule has 10 heteroatoms. The van der Waals surface area contributed by atoms with E-state index in [2.05, 4.69) is 10.3 Å². The van der Waals surface area contributed by atoms with Crippen LogP contribution in [0.25, 0.3) is 0 Å². The summed E-state index contributed by atoms with van der Waals surface area (Å²) in [5.41, 5.74) is 0.267. The second kappa shape index (κ2) is 9.03. The number of carbonyl (C=O) groups is 2. The van der Waals surface area contributed by atoms with E-state index in [4.69, 9.17) is 4.74 Å². The molecule has 3 heterocycles. The molecular weight excluding hydrogens is 420 g/mol. The molecule has 31 heavy (non-hydrogen) atoms. The zero-order chi connectivity index (χ0) is 21.8. The Morgan fingerprint density at radius 3 is 2.58 bits per heavy atom. The number of carbonyl (C=O) groups excluding carboxylic acids is 2. The molecule has 0 radical (unpaired) electrons. The Kier molecular flexibility index (Phi) is 6.19. The fourth-order valence-corrected chi connectivity index (χ4v) is 5.25. The summed E-state index contributed by atoms with van der Waals surface area (Å²) in [5.74, 6) is -0.139. The first-order chi connectivity index (χ1) is 14.9. The summed E-state index contributed by atoms with van der Waals surface area (Å²) in [6, 6.07) is 9.54. The summed E-state index contributed by atoms with van der Waals surface area (Å²) in [4.78, 5) is 30.4. The van der Waals surface area contributed by atoms with Crippen molar-refractivity contribution >= 4 is 33.3 Å². The molecular formula is C21H24N4O5S. The van der Waals surface area contributed by atoms with E-state index in [0.29, 0.717) is 24.7 Å². The first-order valence-corrected chi connectivity index (χ1v) is 11.7. The lowest BCUT2D eigenvalue weighted by Crippen LogP contribution is -2.43. The summed E-state index contributed by atoms with van der Waals surface area (Å²) < 4.78 is 33.3. The lowest BCUT2D eigenvalue weighted by atomic mass is 10.2. The molecule has 0 unspecified atom stereocenters. The van der Waals surface area contributed by atoms with Crippen molar-refractivity contribution in [1.29, 1.82) is 0 Å². The third-order valence-electron chi connectivity index (χ3n) is 5.31. The highest BCUT2D eigenvalue weighted by Gasteiger charge is 2.31. The van der Waals surface area contributed by atoms with Crippen LogP contribution in [0.4, 0.5) is 11.5 Å². The average Bonchev–Trinajstić information content (AvgIpc) is 3.06. The number of fused-ring (bicyclic) bond motifs is 1. The fraction of sp³-hybridized carbons (Fsp3) is 0.381. The Balaban J connectivity index is 1.59. The SMILES string of the molecule is O=C(CN1C(=O)COc2ccc(S(=O)(=O)N3CCCCCC3)cc21)Nc1ccccn1. The number of rotatable bonds is 5. The number of nitrogens with one attached hydrogen (secondary N) is 1. The lowest BCUT2D eigenvalue weighted by Gasteiger charge is -2.29. The highest BCUT2D eigenvalue weighted by atomic mass is 32.2. The van der Waals surface area contributed by atoms with Gasteiger partial charge >= 0.3 is 0 Å². The summed E-state index contributed by atoms with van der Waals surface area (Å²) in [6.07, 6.45) is 5.22. The van der Waals surface area contributed by atoms with E-state index in [1.807, 2.05) is 0 Å². The smallest absolute Gasteiger partial charge is 0.265 e. The van der Waals surface area contributed by atoms with Crippen molar-refractivity contribution in [2.45, 2.75) is 30.6 Å². The van der Waals surface area contributed by atoms with E-state index in [-0.39, 0.29) is 23.7 Å². The number of sulfonamides is 1. The largest absolute Gasteiger partial charge is 0.482 e. The van der Waals surface area contributed by atoms with Crippen LogP contribution in [0, 0.1) is 0 Å². The highest BCUT2D eigenvalue weighted by molar-refractivity contribution is 7.89. The maximum Gasteiger partial charge on any atom is 0.265 e. The van der Waals surface area contributed by atoms with Gasteiger partial charge in [-0.1, -0.05) is 18.9 Å². The third-order valence-corrected chi connectivity index (χ3v) is 7.20. The summed E-state index contributed by atoms with van der Waals surface area (Å²) >= 11 is 0. The molecule has 1 aromatic heterocycles. The maximum absolute atomic E-state index is 13.2. The molecule has 9 nitrogen and oxygen atoms in total. The van der Waals surface area contributed by atoms with Crippen molar-refractivity contribution in [3.05, 3.63) is 42.6 Å². The minimum Gasteiger partial charge on any atom is -0.482 e. The van der Waals surface area contributed by atoms with Gasteiger partial charge in [0.1, 0.15) is 18.1 Å². The lowest BCUT2D eigenvalue weighted by molar-refractivity contribution is -0.123. The van der Waals surface area contributed by atoms with Gasteiger partial charge in [0.25, 0.3) is 5.91 Å². The van der Waals surface area contributed by atoms with Crippen LogP contribution in [0.15, 0.2) is 47.5 Å². The van der Waals surface area contributed by atoms with Gasteiger partial charge in [0.2, 0.25) is 15.9 Å². The fourth-order valence-electron chi connectivity index (χ4n) is 3.71. The number of pyridine rings is 1. The second-order valence-corrected chi connectivity index (χ2v) is 9.42. The van der Waals surface area contributed by atoms with E-state index in [0.717, 1.165) is 25.7 Å². The highest BCUT2D eigenvalue weighted by Crippen LogP contribution is 2.35.